The highest BCUT2D eigenvalue weighted by Gasteiger charge is 2.21. The van der Waals surface area contributed by atoms with Crippen LogP contribution in [0.2, 0.25) is 5.02 Å². The Hall–Kier alpha value is -3.78. The summed E-state index contributed by atoms with van der Waals surface area (Å²) in [6.07, 6.45) is 4.24. The van der Waals surface area contributed by atoms with Crippen molar-refractivity contribution in [1.82, 2.24) is 14.0 Å². The van der Waals surface area contributed by atoms with E-state index in [-0.39, 0.29) is 39.2 Å². The van der Waals surface area contributed by atoms with Crippen LogP contribution in [0.1, 0.15) is 59.4 Å². The van der Waals surface area contributed by atoms with Gasteiger partial charge in [0.2, 0.25) is 0 Å². The Morgan fingerprint density at radius 2 is 1.83 bits per heavy atom. The Balaban J connectivity index is 2.13. The molecule has 8 nitrogen and oxygen atoms in total. The number of unbranched alkanes of at least 4 members (excludes halogenated alkanes) is 2. The molecule has 0 unspecified atom stereocenters. The van der Waals surface area contributed by atoms with Crippen LogP contribution < -0.4 is 11.0 Å². The lowest BCUT2D eigenvalue weighted by atomic mass is 10.1. The third-order valence-electron chi connectivity index (χ3n) is 5.90. The molecule has 0 radical (unpaired) electrons. The van der Waals surface area contributed by atoms with E-state index in [1.807, 2.05) is 13.0 Å². The van der Waals surface area contributed by atoms with Gasteiger partial charge in [-0.3, -0.25) is 14.0 Å². The number of nitrogens with zero attached hydrogens (tertiary/aromatic N) is 4. The van der Waals surface area contributed by atoms with Crippen LogP contribution in [-0.4, -0.2) is 32.4 Å². The molecule has 0 aliphatic heterocycles. The predicted molar refractivity (Wildman–Crippen MR) is 139 cm³/mol. The van der Waals surface area contributed by atoms with Crippen molar-refractivity contribution < 1.29 is 14.3 Å². The normalized spacial score (nSPS) is 11.8. The van der Waals surface area contributed by atoms with Gasteiger partial charge in [0.1, 0.15) is 16.9 Å². The number of carbonyl (C=O) groups excluding carboxylic acids is 2. The number of hydrogen-bond acceptors (Lipinski definition) is 5. The fourth-order valence-electron chi connectivity index (χ4n) is 4.09. The molecule has 1 aromatic carbocycles. The largest absolute Gasteiger partial charge is 0.462 e. The maximum Gasteiger partial charge on any atom is 0.341 e. The molecule has 0 fully saturated rings. The molecule has 0 spiro atoms. The van der Waals surface area contributed by atoms with Gasteiger partial charge in [-0.15, -0.1) is 0 Å². The molecule has 0 aliphatic carbocycles. The van der Waals surface area contributed by atoms with Gasteiger partial charge in [0.15, 0.2) is 5.49 Å². The summed E-state index contributed by atoms with van der Waals surface area (Å²) >= 11 is 6.24. The fraction of sp³-hybridized carbons (Fsp3) is 0.296. The number of fused-ring (bicyclic) bond motifs is 2. The van der Waals surface area contributed by atoms with Gasteiger partial charge < -0.3 is 9.30 Å². The second kappa shape index (κ2) is 10.9. The molecule has 0 saturated carbocycles. The van der Waals surface area contributed by atoms with Gasteiger partial charge in [0.25, 0.3) is 11.5 Å². The zero-order valence-electron chi connectivity index (χ0n) is 20.5. The number of hydrogen-bond donors (Lipinski definition) is 0. The van der Waals surface area contributed by atoms with E-state index in [9.17, 15) is 14.4 Å². The Morgan fingerprint density at radius 3 is 2.56 bits per heavy atom. The van der Waals surface area contributed by atoms with Crippen molar-refractivity contribution >= 4 is 40.2 Å². The van der Waals surface area contributed by atoms with Crippen LogP contribution in [0.15, 0.2) is 58.4 Å². The summed E-state index contributed by atoms with van der Waals surface area (Å²) in [7, 11) is 0. The molecular weight excluding hydrogens is 480 g/mol. The maximum atomic E-state index is 13.5. The Labute approximate surface area is 212 Å². The number of rotatable bonds is 7. The molecule has 0 atom stereocenters. The number of pyridine rings is 2. The molecule has 186 valence electrons. The highest BCUT2D eigenvalue weighted by Crippen LogP contribution is 2.17. The molecule has 4 aromatic rings. The van der Waals surface area contributed by atoms with Gasteiger partial charge in [0.05, 0.1) is 22.6 Å². The summed E-state index contributed by atoms with van der Waals surface area (Å²) < 4.78 is 8.41. The molecule has 1 amide bonds. The minimum Gasteiger partial charge on any atom is -0.462 e. The van der Waals surface area contributed by atoms with Gasteiger partial charge in [-0.2, -0.15) is 4.99 Å². The second-order valence-electron chi connectivity index (χ2n) is 8.40. The van der Waals surface area contributed by atoms with E-state index in [1.54, 1.807) is 48.0 Å². The topological polar surface area (TPSA) is 95.0 Å². The summed E-state index contributed by atoms with van der Waals surface area (Å²) in [4.78, 5) is 48.9. The van der Waals surface area contributed by atoms with Crippen LogP contribution in [0.3, 0.4) is 0 Å². The lowest BCUT2D eigenvalue weighted by Gasteiger charge is -2.15. The van der Waals surface area contributed by atoms with E-state index in [2.05, 4.69) is 11.9 Å². The molecule has 9 heteroatoms. The van der Waals surface area contributed by atoms with Crippen LogP contribution in [0.4, 0.5) is 0 Å². The van der Waals surface area contributed by atoms with Crippen molar-refractivity contribution in [1.29, 1.82) is 0 Å². The van der Waals surface area contributed by atoms with Crippen LogP contribution in [0, 0.1) is 6.92 Å². The van der Waals surface area contributed by atoms with Crippen molar-refractivity contribution in [2.45, 2.75) is 46.6 Å². The number of benzene rings is 1. The van der Waals surface area contributed by atoms with Gasteiger partial charge in [-0.1, -0.05) is 49.6 Å². The molecule has 4 rings (SSSR count). The zero-order chi connectivity index (χ0) is 25.8. The third-order valence-corrected chi connectivity index (χ3v) is 6.23. The molecular formula is C27H27ClN4O4. The van der Waals surface area contributed by atoms with Crippen molar-refractivity contribution in [3.05, 3.63) is 86.2 Å². The Morgan fingerprint density at radius 1 is 1.06 bits per heavy atom. The zero-order valence-corrected chi connectivity index (χ0v) is 21.2. The predicted octanol–water partition coefficient (Wildman–Crippen LogP) is 4.72. The van der Waals surface area contributed by atoms with Gasteiger partial charge in [-0.25, -0.2) is 9.78 Å². The molecule has 0 saturated heterocycles. The van der Waals surface area contributed by atoms with Crippen LogP contribution in [-0.2, 0) is 11.3 Å². The van der Waals surface area contributed by atoms with Gasteiger partial charge >= 0.3 is 5.97 Å². The highest BCUT2D eigenvalue weighted by atomic mass is 35.5. The highest BCUT2D eigenvalue weighted by molar-refractivity contribution is 6.33. The average Bonchev–Trinajstić information content (AvgIpc) is 2.86. The lowest BCUT2D eigenvalue weighted by Crippen LogP contribution is -2.33. The van der Waals surface area contributed by atoms with Crippen molar-refractivity contribution in [2.24, 2.45) is 4.99 Å². The number of ether oxygens (including phenoxy) is 1. The third kappa shape index (κ3) is 4.81. The van der Waals surface area contributed by atoms with Gasteiger partial charge in [0, 0.05) is 12.7 Å². The number of halogens is 1. The summed E-state index contributed by atoms with van der Waals surface area (Å²) in [6, 6.07) is 11.6. The fourth-order valence-corrected chi connectivity index (χ4v) is 4.31. The first-order valence-electron chi connectivity index (χ1n) is 11.9. The van der Waals surface area contributed by atoms with Crippen LogP contribution in [0.5, 0.6) is 0 Å². The maximum absolute atomic E-state index is 13.5. The summed E-state index contributed by atoms with van der Waals surface area (Å²) in [5.74, 6) is -1.29. The molecule has 0 aliphatic rings. The van der Waals surface area contributed by atoms with Crippen molar-refractivity contribution in [2.75, 3.05) is 6.61 Å². The summed E-state index contributed by atoms with van der Waals surface area (Å²) in [6.45, 7) is 6.16. The molecule has 0 N–H and O–H groups in total. The van der Waals surface area contributed by atoms with Crippen LogP contribution in [0.25, 0.3) is 16.7 Å². The molecule has 0 bridgehead atoms. The second-order valence-corrected chi connectivity index (χ2v) is 8.80. The number of carbonyl (C=O) groups is 2. The Bertz CT molecular complexity index is 1600. The van der Waals surface area contributed by atoms with E-state index in [4.69, 9.17) is 21.3 Å². The Kier molecular flexibility index (Phi) is 7.64. The number of aromatic nitrogens is 3. The minimum absolute atomic E-state index is 0.0211. The van der Waals surface area contributed by atoms with E-state index in [0.29, 0.717) is 17.8 Å². The molecule has 3 aromatic heterocycles. The van der Waals surface area contributed by atoms with E-state index >= 15 is 0 Å². The van der Waals surface area contributed by atoms with E-state index in [0.717, 1.165) is 24.8 Å². The minimum atomic E-state index is -0.678. The molecule has 3 heterocycles. The van der Waals surface area contributed by atoms with Gasteiger partial charge in [-0.05, 0) is 50.1 Å². The first-order valence-corrected chi connectivity index (χ1v) is 12.3. The summed E-state index contributed by atoms with van der Waals surface area (Å²) in [5, 5.41) is 0.488. The van der Waals surface area contributed by atoms with Crippen molar-refractivity contribution in [3.8, 4) is 0 Å². The smallest absolute Gasteiger partial charge is 0.341 e. The first-order chi connectivity index (χ1) is 17.4. The quantitative estimate of drug-likeness (QED) is 0.205. The SMILES string of the molecule is CCCCCn1c(=NC(=O)c2ccccc2Cl)c(C(=O)OCC)cc2c(=O)n3cccc(C)c3nc21. The standard InChI is InChI=1S/C27H27ClN4O4/c1-4-6-9-14-31-23-19(26(34)32-15-10-11-17(3)22(32)29-23)16-20(27(35)36-5-2)24(31)30-25(33)18-12-7-8-13-21(18)28/h7-8,10-13,15-16H,4-6,9,14H2,1-3H3. The summed E-state index contributed by atoms with van der Waals surface area (Å²) in [5.41, 5.74) is 1.65. The average molecular weight is 507 g/mol. The monoisotopic (exact) mass is 506 g/mol. The molecule has 36 heavy (non-hydrogen) atoms. The van der Waals surface area contributed by atoms with E-state index < -0.39 is 11.9 Å². The first kappa shape index (κ1) is 25.3. The lowest BCUT2D eigenvalue weighted by molar-refractivity contribution is 0.0523. The van der Waals surface area contributed by atoms with Crippen LogP contribution >= 0.6 is 11.6 Å². The number of amides is 1. The van der Waals surface area contributed by atoms with Crippen molar-refractivity contribution in [3.63, 3.8) is 0 Å². The number of esters is 1. The van der Waals surface area contributed by atoms with E-state index in [1.165, 1.54) is 10.5 Å². The number of aryl methyl sites for hydroxylation is 2.